The summed E-state index contributed by atoms with van der Waals surface area (Å²) in [5, 5.41) is 0. The molecule has 0 aliphatic rings. The largest absolute Gasteiger partial charge is 0.458 e. The van der Waals surface area contributed by atoms with Gasteiger partial charge in [-0.2, -0.15) is 0 Å². The minimum absolute atomic E-state index is 0.171. The predicted octanol–water partition coefficient (Wildman–Crippen LogP) is 2.02. The standard InChI is InChI=1S/C15H18N2O2/c16-9-12-1-5-14(6-2-12)18-11-19-15-7-3-13(10-17)4-8-15/h1-8H,9-11,16-17H2. The van der Waals surface area contributed by atoms with Crippen molar-refractivity contribution in [2.75, 3.05) is 6.79 Å². The van der Waals surface area contributed by atoms with Crippen LogP contribution in [0.2, 0.25) is 0 Å². The lowest BCUT2D eigenvalue weighted by atomic mass is 10.2. The van der Waals surface area contributed by atoms with Crippen molar-refractivity contribution in [3.05, 3.63) is 59.7 Å². The molecule has 0 atom stereocenters. The van der Waals surface area contributed by atoms with Crippen molar-refractivity contribution in [2.45, 2.75) is 13.1 Å². The lowest BCUT2D eigenvalue weighted by molar-refractivity contribution is 0.120. The van der Waals surface area contributed by atoms with Crippen LogP contribution in [0.4, 0.5) is 0 Å². The second-order valence-corrected chi connectivity index (χ2v) is 4.10. The van der Waals surface area contributed by atoms with Crippen LogP contribution in [0.15, 0.2) is 48.5 Å². The Labute approximate surface area is 112 Å². The summed E-state index contributed by atoms with van der Waals surface area (Å²) in [4.78, 5) is 0. The van der Waals surface area contributed by atoms with Gasteiger partial charge < -0.3 is 20.9 Å². The fourth-order valence-corrected chi connectivity index (χ4v) is 1.61. The van der Waals surface area contributed by atoms with Gasteiger partial charge in [0.1, 0.15) is 11.5 Å². The lowest BCUT2D eigenvalue weighted by Crippen LogP contribution is -2.06. The quantitative estimate of drug-likeness (QED) is 0.778. The van der Waals surface area contributed by atoms with E-state index in [-0.39, 0.29) is 6.79 Å². The Hall–Kier alpha value is -2.04. The summed E-state index contributed by atoms with van der Waals surface area (Å²) in [5.41, 5.74) is 13.2. The molecular formula is C15H18N2O2. The normalized spacial score (nSPS) is 10.2. The molecule has 4 nitrogen and oxygen atoms in total. The first kappa shape index (κ1) is 13.4. The molecule has 0 bridgehead atoms. The van der Waals surface area contributed by atoms with Crippen LogP contribution >= 0.6 is 0 Å². The van der Waals surface area contributed by atoms with Crippen LogP contribution in [0, 0.1) is 0 Å². The van der Waals surface area contributed by atoms with E-state index in [0.717, 1.165) is 22.6 Å². The van der Waals surface area contributed by atoms with Gasteiger partial charge in [-0.1, -0.05) is 24.3 Å². The first-order chi connectivity index (χ1) is 9.31. The Morgan fingerprint density at radius 1 is 0.632 bits per heavy atom. The molecule has 0 unspecified atom stereocenters. The summed E-state index contributed by atoms with van der Waals surface area (Å²) in [6, 6.07) is 15.3. The Morgan fingerprint density at radius 3 is 1.32 bits per heavy atom. The van der Waals surface area contributed by atoms with Crippen LogP contribution in [-0.4, -0.2) is 6.79 Å². The van der Waals surface area contributed by atoms with Gasteiger partial charge in [-0.15, -0.1) is 0 Å². The zero-order valence-corrected chi connectivity index (χ0v) is 10.7. The molecule has 19 heavy (non-hydrogen) atoms. The topological polar surface area (TPSA) is 70.5 Å². The molecule has 2 rings (SSSR count). The molecule has 0 aliphatic heterocycles. The molecule has 0 saturated heterocycles. The van der Waals surface area contributed by atoms with E-state index < -0.39 is 0 Å². The number of ether oxygens (including phenoxy) is 2. The molecule has 0 aromatic heterocycles. The monoisotopic (exact) mass is 258 g/mol. The number of benzene rings is 2. The third-order valence-corrected chi connectivity index (χ3v) is 2.77. The van der Waals surface area contributed by atoms with Crippen molar-refractivity contribution >= 4 is 0 Å². The molecule has 0 radical (unpaired) electrons. The highest BCUT2D eigenvalue weighted by atomic mass is 16.7. The molecule has 0 amide bonds. The van der Waals surface area contributed by atoms with Gasteiger partial charge in [-0.05, 0) is 35.4 Å². The summed E-state index contributed by atoms with van der Waals surface area (Å²) in [5.74, 6) is 1.52. The maximum Gasteiger partial charge on any atom is 0.230 e. The third kappa shape index (κ3) is 3.98. The molecule has 2 aromatic rings. The molecule has 4 heteroatoms. The van der Waals surface area contributed by atoms with Crippen molar-refractivity contribution in [3.8, 4) is 11.5 Å². The summed E-state index contributed by atoms with van der Waals surface area (Å²) >= 11 is 0. The van der Waals surface area contributed by atoms with Crippen molar-refractivity contribution in [3.63, 3.8) is 0 Å². The van der Waals surface area contributed by atoms with Crippen LogP contribution in [0.5, 0.6) is 11.5 Å². The van der Waals surface area contributed by atoms with Crippen molar-refractivity contribution < 1.29 is 9.47 Å². The number of rotatable bonds is 6. The zero-order valence-electron chi connectivity index (χ0n) is 10.7. The Balaban J connectivity index is 1.81. The fourth-order valence-electron chi connectivity index (χ4n) is 1.61. The fraction of sp³-hybridized carbons (Fsp3) is 0.200. The van der Waals surface area contributed by atoms with Gasteiger partial charge in [0.05, 0.1) is 0 Å². The molecule has 4 N–H and O–H groups in total. The van der Waals surface area contributed by atoms with Crippen LogP contribution in [0.3, 0.4) is 0 Å². The lowest BCUT2D eigenvalue weighted by Gasteiger charge is -2.09. The third-order valence-electron chi connectivity index (χ3n) is 2.77. The van der Waals surface area contributed by atoms with E-state index in [9.17, 15) is 0 Å². The molecule has 0 spiro atoms. The second kappa shape index (κ2) is 6.78. The molecule has 0 saturated carbocycles. The van der Waals surface area contributed by atoms with Gasteiger partial charge in [0.2, 0.25) is 6.79 Å². The summed E-state index contributed by atoms with van der Waals surface area (Å²) in [6.45, 7) is 1.23. The Bertz CT molecular complexity index is 447. The molecule has 0 heterocycles. The predicted molar refractivity (Wildman–Crippen MR) is 74.8 cm³/mol. The number of hydrogen-bond acceptors (Lipinski definition) is 4. The summed E-state index contributed by atoms with van der Waals surface area (Å²) in [6.07, 6.45) is 0. The van der Waals surface area contributed by atoms with Crippen LogP contribution in [0.25, 0.3) is 0 Å². The average Bonchev–Trinajstić information content (AvgIpc) is 2.49. The number of nitrogens with two attached hydrogens (primary N) is 2. The average molecular weight is 258 g/mol. The van der Waals surface area contributed by atoms with Crippen LogP contribution in [-0.2, 0) is 13.1 Å². The highest BCUT2D eigenvalue weighted by Gasteiger charge is 1.97. The first-order valence-corrected chi connectivity index (χ1v) is 6.15. The van der Waals surface area contributed by atoms with E-state index in [4.69, 9.17) is 20.9 Å². The minimum atomic E-state index is 0.171. The zero-order chi connectivity index (χ0) is 13.5. The SMILES string of the molecule is NCc1ccc(OCOc2ccc(CN)cc2)cc1. The maximum atomic E-state index is 5.53. The first-order valence-electron chi connectivity index (χ1n) is 6.15. The molecule has 100 valence electrons. The second-order valence-electron chi connectivity index (χ2n) is 4.10. The smallest absolute Gasteiger partial charge is 0.230 e. The van der Waals surface area contributed by atoms with Crippen LogP contribution < -0.4 is 20.9 Å². The van der Waals surface area contributed by atoms with Gasteiger partial charge in [-0.25, -0.2) is 0 Å². The Kier molecular flexibility index (Phi) is 4.78. The maximum absolute atomic E-state index is 5.53. The van der Waals surface area contributed by atoms with Crippen molar-refractivity contribution in [1.29, 1.82) is 0 Å². The van der Waals surface area contributed by atoms with Gasteiger partial charge in [0.25, 0.3) is 0 Å². The van der Waals surface area contributed by atoms with E-state index in [1.165, 1.54) is 0 Å². The highest BCUT2D eigenvalue weighted by Crippen LogP contribution is 2.14. The van der Waals surface area contributed by atoms with Gasteiger partial charge in [0.15, 0.2) is 0 Å². The van der Waals surface area contributed by atoms with E-state index in [1.54, 1.807) is 0 Å². The van der Waals surface area contributed by atoms with E-state index in [0.29, 0.717) is 13.1 Å². The molecular weight excluding hydrogens is 240 g/mol. The van der Waals surface area contributed by atoms with E-state index in [1.807, 2.05) is 48.5 Å². The van der Waals surface area contributed by atoms with E-state index in [2.05, 4.69) is 0 Å². The highest BCUT2D eigenvalue weighted by molar-refractivity contribution is 5.28. The Morgan fingerprint density at radius 2 is 1.00 bits per heavy atom. The summed E-state index contributed by atoms with van der Waals surface area (Å²) in [7, 11) is 0. The molecule has 2 aromatic carbocycles. The van der Waals surface area contributed by atoms with Gasteiger partial charge in [-0.3, -0.25) is 0 Å². The van der Waals surface area contributed by atoms with Gasteiger partial charge in [0, 0.05) is 13.1 Å². The van der Waals surface area contributed by atoms with E-state index >= 15 is 0 Å². The molecule has 0 aliphatic carbocycles. The minimum Gasteiger partial charge on any atom is -0.458 e. The van der Waals surface area contributed by atoms with Crippen molar-refractivity contribution in [2.24, 2.45) is 11.5 Å². The van der Waals surface area contributed by atoms with Crippen LogP contribution in [0.1, 0.15) is 11.1 Å². The summed E-state index contributed by atoms with van der Waals surface area (Å²) < 4.78 is 11.0. The molecule has 0 fully saturated rings. The van der Waals surface area contributed by atoms with Gasteiger partial charge >= 0.3 is 0 Å². The van der Waals surface area contributed by atoms with Crippen molar-refractivity contribution in [1.82, 2.24) is 0 Å². The number of hydrogen-bond donors (Lipinski definition) is 2.